The van der Waals surface area contributed by atoms with E-state index in [1.54, 1.807) is 11.0 Å². The zero-order valence-electron chi connectivity index (χ0n) is 16.6. The van der Waals surface area contributed by atoms with Gasteiger partial charge in [0.05, 0.1) is 12.0 Å². The highest BCUT2D eigenvalue weighted by Gasteiger charge is 2.37. The third kappa shape index (κ3) is 4.29. The maximum atomic E-state index is 14.0. The van der Waals surface area contributed by atoms with Gasteiger partial charge in [-0.25, -0.2) is 4.39 Å². The largest absolute Gasteiger partial charge is 0.336 e. The Hall–Kier alpha value is -3.20. The first-order valence-corrected chi connectivity index (χ1v) is 9.80. The molecule has 0 spiro atoms. The highest BCUT2D eigenvalue weighted by atomic mass is 19.1. The van der Waals surface area contributed by atoms with E-state index in [0.29, 0.717) is 0 Å². The summed E-state index contributed by atoms with van der Waals surface area (Å²) in [7, 11) is 0. The third-order valence-corrected chi connectivity index (χ3v) is 5.50. The van der Waals surface area contributed by atoms with Gasteiger partial charge in [0, 0.05) is 24.2 Å². The van der Waals surface area contributed by atoms with Gasteiger partial charge in [-0.05, 0) is 30.0 Å². The number of carbonyl (C=O) groups excluding carboxylic acids is 2. The van der Waals surface area contributed by atoms with Crippen LogP contribution < -0.4 is 10.2 Å². The van der Waals surface area contributed by atoms with Gasteiger partial charge >= 0.3 is 0 Å². The molecule has 0 aliphatic carbocycles. The molecule has 6 heteroatoms. The number of nitrogens with one attached hydrogen (secondary N) is 1. The van der Waals surface area contributed by atoms with Crippen LogP contribution in [0.15, 0.2) is 48.5 Å². The van der Waals surface area contributed by atoms with E-state index in [1.165, 1.54) is 18.2 Å². The lowest BCUT2D eigenvalue weighted by atomic mass is 9.96. The van der Waals surface area contributed by atoms with Gasteiger partial charge in [0.1, 0.15) is 11.9 Å². The Bertz CT molecular complexity index is 953. The fraction of sp³-hybridized carbons (Fsp3) is 0.348. The third-order valence-electron chi connectivity index (χ3n) is 5.50. The molecule has 2 amide bonds. The first-order chi connectivity index (χ1) is 14.0. The number of halogens is 1. The van der Waals surface area contributed by atoms with Crippen LogP contribution in [0.1, 0.15) is 49.8 Å². The van der Waals surface area contributed by atoms with Gasteiger partial charge in [-0.1, -0.05) is 50.2 Å². The maximum absolute atomic E-state index is 14.0. The van der Waals surface area contributed by atoms with Crippen molar-refractivity contribution >= 4 is 17.5 Å². The number of para-hydroxylation sites is 1. The number of amides is 2. The van der Waals surface area contributed by atoms with Crippen LogP contribution in [0.4, 0.5) is 10.1 Å². The van der Waals surface area contributed by atoms with Crippen molar-refractivity contribution < 1.29 is 14.0 Å². The first kappa shape index (κ1) is 20.5. The molecule has 1 aliphatic heterocycles. The second-order valence-corrected chi connectivity index (χ2v) is 7.37. The molecule has 1 fully saturated rings. The summed E-state index contributed by atoms with van der Waals surface area (Å²) in [5.74, 6) is -1.39. The number of nitrogens with zero attached hydrogens (tertiary/aromatic N) is 2. The van der Waals surface area contributed by atoms with E-state index in [0.717, 1.165) is 17.7 Å². The van der Waals surface area contributed by atoms with Crippen LogP contribution >= 0.6 is 0 Å². The van der Waals surface area contributed by atoms with E-state index in [1.807, 2.05) is 30.3 Å². The monoisotopic (exact) mass is 393 g/mol. The number of rotatable bonds is 6. The molecule has 0 bridgehead atoms. The van der Waals surface area contributed by atoms with Crippen molar-refractivity contribution in [3.63, 3.8) is 0 Å². The summed E-state index contributed by atoms with van der Waals surface area (Å²) in [6.45, 7) is 4.44. The molecule has 0 radical (unpaired) electrons. The van der Waals surface area contributed by atoms with E-state index >= 15 is 0 Å². The van der Waals surface area contributed by atoms with Gasteiger partial charge in [-0.15, -0.1) is 0 Å². The molecule has 150 valence electrons. The Balaban J connectivity index is 1.76. The quantitative estimate of drug-likeness (QED) is 0.804. The van der Waals surface area contributed by atoms with Gasteiger partial charge in [-0.3, -0.25) is 9.59 Å². The summed E-state index contributed by atoms with van der Waals surface area (Å²) >= 11 is 0. The van der Waals surface area contributed by atoms with Crippen LogP contribution in [0.3, 0.4) is 0 Å². The summed E-state index contributed by atoms with van der Waals surface area (Å²) in [6, 6.07) is 14.4. The molecule has 0 aromatic heterocycles. The summed E-state index contributed by atoms with van der Waals surface area (Å²) in [6.07, 6.45) is 1.01. The second kappa shape index (κ2) is 8.87. The molecule has 2 aromatic carbocycles. The predicted octanol–water partition coefficient (Wildman–Crippen LogP) is 4.07. The molecule has 3 rings (SSSR count). The van der Waals surface area contributed by atoms with Crippen molar-refractivity contribution in [3.8, 4) is 6.07 Å². The summed E-state index contributed by atoms with van der Waals surface area (Å²) < 4.78 is 14.0. The average molecular weight is 393 g/mol. The molecular weight excluding hydrogens is 369 g/mol. The van der Waals surface area contributed by atoms with Gasteiger partial charge in [-0.2, -0.15) is 5.26 Å². The predicted molar refractivity (Wildman–Crippen MR) is 109 cm³/mol. The van der Waals surface area contributed by atoms with E-state index in [4.69, 9.17) is 0 Å². The Morgan fingerprint density at radius 3 is 2.55 bits per heavy atom. The molecule has 1 N–H and O–H groups in total. The molecule has 29 heavy (non-hydrogen) atoms. The van der Waals surface area contributed by atoms with E-state index < -0.39 is 23.7 Å². The minimum absolute atomic E-state index is 0.0656. The smallest absolute Gasteiger partial charge is 0.227 e. The lowest BCUT2D eigenvalue weighted by molar-refractivity contribution is -0.126. The topological polar surface area (TPSA) is 73.2 Å². The standard InChI is InChI=1S/C23H24FN3O2/c1-3-15(2)17-8-5-7-11-21(17)27-14-16(12-22(27)28)23(29)26-20(13-25)18-9-4-6-10-19(18)24/h4-11,15-16,20H,3,12,14H2,1-2H3,(H,26,29). The zero-order valence-corrected chi connectivity index (χ0v) is 16.6. The van der Waals surface area contributed by atoms with Crippen molar-refractivity contribution in [1.29, 1.82) is 5.26 Å². The SMILES string of the molecule is CCC(C)c1ccccc1N1CC(C(=O)NC(C#N)c2ccccc2F)CC1=O. The Morgan fingerprint density at radius 2 is 1.90 bits per heavy atom. The summed E-state index contributed by atoms with van der Waals surface area (Å²) in [5, 5.41) is 12.0. The summed E-state index contributed by atoms with van der Waals surface area (Å²) in [5.41, 5.74) is 2.02. The number of nitriles is 1. The maximum Gasteiger partial charge on any atom is 0.227 e. The lowest BCUT2D eigenvalue weighted by Crippen LogP contribution is -2.35. The van der Waals surface area contributed by atoms with Crippen LogP contribution in [0.25, 0.3) is 0 Å². The van der Waals surface area contributed by atoms with Crippen LogP contribution in [-0.4, -0.2) is 18.4 Å². The van der Waals surface area contributed by atoms with Gasteiger partial charge in [0.25, 0.3) is 0 Å². The van der Waals surface area contributed by atoms with E-state index in [-0.39, 0.29) is 30.4 Å². The fourth-order valence-corrected chi connectivity index (χ4v) is 3.63. The lowest BCUT2D eigenvalue weighted by Gasteiger charge is -2.23. The highest BCUT2D eigenvalue weighted by molar-refractivity contribution is 6.01. The number of hydrogen-bond acceptors (Lipinski definition) is 3. The van der Waals surface area contributed by atoms with E-state index in [2.05, 4.69) is 19.2 Å². The van der Waals surface area contributed by atoms with Crippen LogP contribution in [0, 0.1) is 23.1 Å². The van der Waals surface area contributed by atoms with Crippen LogP contribution in [0.2, 0.25) is 0 Å². The molecule has 3 atom stereocenters. The molecule has 2 aromatic rings. The van der Waals surface area contributed by atoms with Crippen LogP contribution in [0.5, 0.6) is 0 Å². The molecule has 1 aliphatic rings. The molecule has 3 unspecified atom stereocenters. The molecule has 1 heterocycles. The number of hydrogen-bond donors (Lipinski definition) is 1. The number of benzene rings is 2. The van der Waals surface area contributed by atoms with Crippen molar-refractivity contribution in [1.82, 2.24) is 5.32 Å². The number of carbonyl (C=O) groups is 2. The minimum atomic E-state index is -1.10. The van der Waals surface area contributed by atoms with Crippen molar-refractivity contribution in [2.75, 3.05) is 11.4 Å². The summed E-state index contributed by atoms with van der Waals surface area (Å²) in [4.78, 5) is 27.0. The number of anilines is 1. The van der Waals surface area contributed by atoms with Crippen molar-refractivity contribution in [3.05, 3.63) is 65.5 Å². The normalized spacial score (nSPS) is 18.2. The minimum Gasteiger partial charge on any atom is -0.336 e. The molecule has 1 saturated heterocycles. The average Bonchev–Trinajstić information content (AvgIpc) is 3.13. The van der Waals surface area contributed by atoms with Gasteiger partial charge < -0.3 is 10.2 Å². The van der Waals surface area contributed by atoms with Crippen molar-refractivity contribution in [2.24, 2.45) is 5.92 Å². The Labute approximate surface area is 170 Å². The van der Waals surface area contributed by atoms with E-state index in [9.17, 15) is 19.2 Å². The zero-order chi connectivity index (χ0) is 21.0. The molecular formula is C23H24FN3O2. The Kier molecular flexibility index (Phi) is 6.28. The Morgan fingerprint density at radius 1 is 1.24 bits per heavy atom. The highest BCUT2D eigenvalue weighted by Crippen LogP contribution is 2.33. The molecule has 5 nitrogen and oxygen atoms in total. The fourth-order valence-electron chi connectivity index (χ4n) is 3.63. The van der Waals surface area contributed by atoms with Crippen molar-refractivity contribution in [2.45, 2.75) is 38.6 Å². The van der Waals surface area contributed by atoms with Gasteiger partial charge in [0.2, 0.25) is 11.8 Å². The van der Waals surface area contributed by atoms with Crippen LogP contribution in [-0.2, 0) is 9.59 Å². The first-order valence-electron chi connectivity index (χ1n) is 9.80. The van der Waals surface area contributed by atoms with Gasteiger partial charge in [0.15, 0.2) is 0 Å². The molecule has 0 saturated carbocycles. The second-order valence-electron chi connectivity index (χ2n) is 7.37.